The molecule has 0 atom stereocenters. The zero-order valence-electron chi connectivity index (χ0n) is 21.1. The second kappa shape index (κ2) is 11.2. The number of amides is 1. The molecule has 2 aromatic rings. The number of nitrogens with zero attached hydrogens (tertiary/aromatic N) is 1. The van der Waals surface area contributed by atoms with E-state index in [1.807, 2.05) is 73.7 Å². The maximum absolute atomic E-state index is 13.5. The first-order chi connectivity index (χ1) is 17.0. The number of likely N-dealkylation sites (tertiary alicyclic amines) is 1. The topological polar surface area (TPSA) is 41.6 Å². The molecule has 0 aromatic heterocycles. The fourth-order valence-electron chi connectivity index (χ4n) is 5.46. The molecule has 0 saturated carbocycles. The summed E-state index contributed by atoms with van der Waals surface area (Å²) in [7, 11) is 0. The molecule has 1 spiro atoms. The summed E-state index contributed by atoms with van der Waals surface area (Å²) in [6.45, 7) is 12.4. The van der Waals surface area contributed by atoms with Crippen LogP contribution in [0.25, 0.3) is 0 Å². The average molecular weight is 471 g/mol. The molecule has 0 radical (unpaired) electrons. The zero-order chi connectivity index (χ0) is 24.7. The Morgan fingerprint density at radius 3 is 2.23 bits per heavy atom. The fourth-order valence-corrected chi connectivity index (χ4v) is 5.46. The Morgan fingerprint density at radius 1 is 1.09 bits per heavy atom. The Morgan fingerprint density at radius 2 is 1.69 bits per heavy atom. The second-order valence-corrected chi connectivity index (χ2v) is 9.73. The van der Waals surface area contributed by atoms with Crippen LogP contribution in [0, 0.1) is 0 Å². The fraction of sp³-hybridized carbons (Fsp3) is 0.387. The molecular formula is C31H38N2O2. The number of piperidine rings is 1. The van der Waals surface area contributed by atoms with Crippen molar-refractivity contribution in [3.05, 3.63) is 108 Å². The van der Waals surface area contributed by atoms with Crippen LogP contribution >= 0.6 is 0 Å². The van der Waals surface area contributed by atoms with Gasteiger partial charge in [0.15, 0.2) is 0 Å². The van der Waals surface area contributed by atoms with Crippen molar-refractivity contribution in [1.29, 1.82) is 0 Å². The van der Waals surface area contributed by atoms with Crippen molar-refractivity contribution in [1.82, 2.24) is 10.2 Å². The molecule has 4 nitrogen and oxygen atoms in total. The number of ether oxygens (including phenoxy) is 1. The van der Waals surface area contributed by atoms with E-state index >= 15 is 0 Å². The van der Waals surface area contributed by atoms with E-state index in [1.165, 1.54) is 11.1 Å². The summed E-state index contributed by atoms with van der Waals surface area (Å²) in [5, 5.41) is 3.23. The van der Waals surface area contributed by atoms with Crippen molar-refractivity contribution >= 4 is 5.91 Å². The van der Waals surface area contributed by atoms with E-state index in [4.69, 9.17) is 4.74 Å². The standard InChI is InChI=1S/C31H38N2O2/c1-4-13-28-25(5-2)24-35-31(28)18-22-33(23-19-31)21-12-20-32-29(34)30(3,26-14-8-6-9-15-26)27-16-10-7-11-17-27/h4-11,13-17H,2,12,18-24H2,1,3H3,(H,32,34)/b13-4-. The molecule has 0 aliphatic carbocycles. The van der Waals surface area contributed by atoms with Crippen molar-refractivity contribution in [3.8, 4) is 0 Å². The number of carbonyl (C=O) groups excluding carboxylic acids is 1. The number of benzene rings is 2. The second-order valence-electron chi connectivity index (χ2n) is 9.73. The van der Waals surface area contributed by atoms with Gasteiger partial charge in [0.1, 0.15) is 0 Å². The summed E-state index contributed by atoms with van der Waals surface area (Å²) >= 11 is 0. The molecular weight excluding hydrogens is 432 g/mol. The SMILES string of the molecule is C=CC1=C(/C=C\C)C2(CCN(CCCNC(=O)C(C)(c3ccccc3)c3ccccc3)CC2)OC1. The lowest BCUT2D eigenvalue weighted by Gasteiger charge is -2.40. The highest BCUT2D eigenvalue weighted by atomic mass is 16.5. The van der Waals surface area contributed by atoms with Crippen LogP contribution < -0.4 is 5.32 Å². The van der Waals surface area contributed by atoms with E-state index in [-0.39, 0.29) is 11.5 Å². The number of hydrogen-bond donors (Lipinski definition) is 1. The molecule has 1 amide bonds. The van der Waals surface area contributed by atoms with E-state index in [0.29, 0.717) is 13.2 Å². The Kier molecular flexibility index (Phi) is 8.04. The van der Waals surface area contributed by atoms with Gasteiger partial charge in [-0.15, -0.1) is 0 Å². The van der Waals surface area contributed by atoms with Crippen molar-refractivity contribution in [3.63, 3.8) is 0 Å². The summed E-state index contributed by atoms with van der Waals surface area (Å²) < 4.78 is 6.30. The van der Waals surface area contributed by atoms with Crippen LogP contribution in [0.4, 0.5) is 0 Å². The Labute approximate surface area is 210 Å². The smallest absolute Gasteiger partial charge is 0.234 e. The minimum atomic E-state index is -0.724. The van der Waals surface area contributed by atoms with Crippen LogP contribution in [0.15, 0.2) is 96.6 Å². The van der Waals surface area contributed by atoms with E-state index in [0.717, 1.165) is 50.0 Å². The van der Waals surface area contributed by atoms with Gasteiger partial charge in [0.25, 0.3) is 0 Å². The molecule has 1 saturated heterocycles. The van der Waals surface area contributed by atoms with Crippen LogP contribution in [0.5, 0.6) is 0 Å². The van der Waals surface area contributed by atoms with Crippen molar-refractivity contribution < 1.29 is 9.53 Å². The summed E-state index contributed by atoms with van der Waals surface area (Å²) in [5.41, 5.74) is 3.66. The van der Waals surface area contributed by atoms with Crippen molar-refractivity contribution in [2.45, 2.75) is 44.1 Å². The normalized spacial score (nSPS) is 18.3. The minimum Gasteiger partial charge on any atom is -0.365 e. The van der Waals surface area contributed by atoms with Gasteiger partial charge in [-0.05, 0) is 61.9 Å². The maximum Gasteiger partial charge on any atom is 0.234 e. The molecule has 0 unspecified atom stereocenters. The van der Waals surface area contributed by atoms with Crippen molar-refractivity contribution in [2.75, 3.05) is 32.8 Å². The van der Waals surface area contributed by atoms with Crippen LogP contribution in [0.3, 0.4) is 0 Å². The molecule has 1 N–H and O–H groups in total. The highest BCUT2D eigenvalue weighted by molar-refractivity contribution is 5.91. The van der Waals surface area contributed by atoms with Crippen LogP contribution in [0.2, 0.25) is 0 Å². The average Bonchev–Trinajstić information content (AvgIpc) is 3.24. The van der Waals surface area contributed by atoms with Gasteiger partial charge in [0.05, 0.1) is 17.6 Å². The zero-order valence-corrected chi connectivity index (χ0v) is 21.1. The van der Waals surface area contributed by atoms with Gasteiger partial charge in [0.2, 0.25) is 5.91 Å². The minimum absolute atomic E-state index is 0.0462. The quantitative estimate of drug-likeness (QED) is 0.498. The van der Waals surface area contributed by atoms with Gasteiger partial charge in [0, 0.05) is 19.6 Å². The number of carbonyl (C=O) groups is 1. The third-order valence-corrected chi connectivity index (χ3v) is 7.68. The number of hydrogen-bond acceptors (Lipinski definition) is 3. The van der Waals surface area contributed by atoms with E-state index in [2.05, 4.69) is 35.9 Å². The highest BCUT2D eigenvalue weighted by Crippen LogP contribution is 2.41. The van der Waals surface area contributed by atoms with Crippen molar-refractivity contribution in [2.24, 2.45) is 0 Å². The lowest BCUT2D eigenvalue weighted by Crippen LogP contribution is -2.46. The first-order valence-corrected chi connectivity index (χ1v) is 12.8. The third-order valence-electron chi connectivity index (χ3n) is 7.68. The predicted molar refractivity (Wildman–Crippen MR) is 143 cm³/mol. The Bertz CT molecular complexity index is 1020. The molecule has 184 valence electrons. The van der Waals surface area contributed by atoms with E-state index in [9.17, 15) is 4.79 Å². The summed E-state index contributed by atoms with van der Waals surface area (Å²) in [5.74, 6) is 0.0462. The van der Waals surface area contributed by atoms with Gasteiger partial charge < -0.3 is 15.0 Å². The molecule has 1 fully saturated rings. The summed E-state index contributed by atoms with van der Waals surface area (Å²) in [6.07, 6.45) is 9.16. The highest BCUT2D eigenvalue weighted by Gasteiger charge is 2.42. The molecule has 35 heavy (non-hydrogen) atoms. The lowest BCUT2D eigenvalue weighted by molar-refractivity contribution is -0.124. The molecule has 2 aliphatic heterocycles. The van der Waals surface area contributed by atoms with Crippen LogP contribution in [-0.2, 0) is 14.9 Å². The molecule has 2 aliphatic rings. The number of nitrogens with one attached hydrogen (secondary N) is 1. The van der Waals surface area contributed by atoms with Crippen LogP contribution in [-0.4, -0.2) is 49.2 Å². The molecule has 2 aromatic carbocycles. The summed E-state index contributed by atoms with van der Waals surface area (Å²) in [6, 6.07) is 20.1. The first kappa shape index (κ1) is 25.2. The summed E-state index contributed by atoms with van der Waals surface area (Å²) in [4.78, 5) is 16.0. The number of allylic oxidation sites excluding steroid dienone is 1. The Balaban J connectivity index is 1.32. The van der Waals surface area contributed by atoms with E-state index < -0.39 is 5.41 Å². The van der Waals surface area contributed by atoms with Gasteiger partial charge in [-0.2, -0.15) is 0 Å². The maximum atomic E-state index is 13.5. The largest absolute Gasteiger partial charge is 0.365 e. The van der Waals surface area contributed by atoms with Crippen LogP contribution in [0.1, 0.15) is 44.2 Å². The molecule has 4 heteroatoms. The van der Waals surface area contributed by atoms with E-state index in [1.54, 1.807) is 0 Å². The molecule has 4 rings (SSSR count). The first-order valence-electron chi connectivity index (χ1n) is 12.8. The monoisotopic (exact) mass is 470 g/mol. The lowest BCUT2D eigenvalue weighted by atomic mass is 9.75. The predicted octanol–water partition coefficient (Wildman–Crippen LogP) is 5.42. The van der Waals surface area contributed by atoms with Gasteiger partial charge in [-0.1, -0.05) is 85.5 Å². The molecule has 2 heterocycles. The molecule has 0 bridgehead atoms. The number of rotatable bonds is 9. The Hall–Kier alpha value is -2.95. The van der Waals surface area contributed by atoms with Gasteiger partial charge in [-0.3, -0.25) is 4.79 Å². The third kappa shape index (κ3) is 5.19. The van der Waals surface area contributed by atoms with Gasteiger partial charge in [-0.25, -0.2) is 0 Å². The van der Waals surface area contributed by atoms with Gasteiger partial charge >= 0.3 is 0 Å².